The smallest absolute Gasteiger partial charge is 0.337 e. The number of hydrogen-bond acceptors (Lipinski definition) is 34. The van der Waals surface area contributed by atoms with Gasteiger partial charge in [0.15, 0.2) is 57.5 Å². The Morgan fingerprint density at radius 3 is 0.780 bits per heavy atom. The average Bonchev–Trinajstić information content (AvgIpc) is 0.863. The summed E-state index contributed by atoms with van der Waals surface area (Å²) in [5, 5.41) is 230. The van der Waals surface area contributed by atoms with Crippen LogP contribution in [0, 0.1) is 0 Å². The summed E-state index contributed by atoms with van der Waals surface area (Å²) in [4.78, 5) is 162. The summed E-state index contributed by atoms with van der Waals surface area (Å²) in [6.45, 7) is 0. The Hall–Kier alpha value is -22.1. The van der Waals surface area contributed by atoms with Gasteiger partial charge in [0.1, 0.15) is 51.7 Å². The van der Waals surface area contributed by atoms with Gasteiger partial charge in [-0.2, -0.15) is 0 Å². The number of phenolic OH excluding ortho intramolecular Hbond substituents is 15. The first-order chi connectivity index (χ1) is 70.9. The van der Waals surface area contributed by atoms with Gasteiger partial charge in [-0.05, 0) is 231 Å². The minimum Gasteiger partial charge on any atom is -0.512 e. The van der Waals surface area contributed by atoms with E-state index in [4.69, 9.17) is 64.9 Å². The predicted molar refractivity (Wildman–Crippen MR) is 526 cm³/mol. The Bertz CT molecular complexity index is 7460. The van der Waals surface area contributed by atoms with Crippen molar-refractivity contribution < 1.29 is 204 Å². The number of nitrogens with one attached hydrogen (secondary N) is 7. The van der Waals surface area contributed by atoms with Crippen LogP contribution in [0.25, 0.3) is 0 Å². The van der Waals surface area contributed by atoms with E-state index < -0.39 is 94.6 Å². The van der Waals surface area contributed by atoms with Crippen molar-refractivity contribution in [2.75, 3.05) is 60.3 Å². The molecule has 0 saturated carbocycles. The highest BCUT2D eigenvalue weighted by Crippen LogP contribution is 2.37. The molecule has 7 amide bonds. The molecule has 1 aliphatic carbocycles. The molecule has 776 valence electrons. The number of allylic oxidation sites excluding steroid dienone is 2. The van der Waals surface area contributed by atoms with Crippen LogP contribution in [0.5, 0.6) is 109 Å². The van der Waals surface area contributed by atoms with Gasteiger partial charge >= 0.3 is 41.8 Å². The number of benzene rings is 13. The molecule has 0 aromatic heterocycles. The topological polar surface area (TPSA) is 825 Å². The molecule has 0 heterocycles. The van der Waals surface area contributed by atoms with E-state index in [9.17, 15) is 139 Å². The zero-order valence-corrected chi connectivity index (χ0v) is 77.7. The Balaban J connectivity index is 0.000000213. The first-order valence-electron chi connectivity index (χ1n) is 42.2. The molecule has 0 bridgehead atoms. The van der Waals surface area contributed by atoms with Gasteiger partial charge in [-0.15, -0.1) is 0 Å². The second-order valence-corrected chi connectivity index (χ2v) is 30.2. The van der Waals surface area contributed by atoms with Gasteiger partial charge in [-0.3, -0.25) is 33.6 Å². The summed E-state index contributed by atoms with van der Waals surface area (Å²) in [5.41, 5.74) is -0.524. The molecule has 0 atom stereocenters. The lowest BCUT2D eigenvalue weighted by Crippen LogP contribution is -2.26. The van der Waals surface area contributed by atoms with E-state index in [1.807, 2.05) is 0 Å². The number of aliphatic carboxylic acids is 1. The fraction of sp³-hybridized carbons (Fsp3) is 0.0588. The minimum absolute atomic E-state index is 0.0185. The van der Waals surface area contributed by atoms with Crippen LogP contribution >= 0.6 is 0 Å². The lowest BCUT2D eigenvalue weighted by atomic mass is 10.0. The van der Waals surface area contributed by atoms with Crippen molar-refractivity contribution in [2.45, 2.75) is 12.8 Å². The first-order valence-corrected chi connectivity index (χ1v) is 42.2. The zero-order valence-electron chi connectivity index (χ0n) is 77.7. The van der Waals surface area contributed by atoms with Gasteiger partial charge in [-0.1, -0.05) is 0 Å². The zero-order chi connectivity index (χ0) is 111. The maximum absolute atomic E-state index is 12.2. The number of rotatable bonds is 25. The Kier molecular flexibility index (Phi) is 39.2. The summed E-state index contributed by atoms with van der Waals surface area (Å²) in [5.74, 6) is -15.9. The van der Waals surface area contributed by atoms with Crippen LogP contribution in [0.15, 0.2) is 266 Å². The molecule has 0 fully saturated rings. The van der Waals surface area contributed by atoms with Crippen molar-refractivity contribution in [3.63, 3.8) is 0 Å². The maximum atomic E-state index is 12.2. The van der Waals surface area contributed by atoms with Crippen LogP contribution in [-0.2, 0) is 4.79 Å². The normalized spacial score (nSPS) is 10.7. The number of hydrogen-bond donors (Lipinski definition) is 30. The van der Waals surface area contributed by atoms with Crippen LogP contribution in [0.4, 0.5) is 34.1 Å². The highest BCUT2D eigenvalue weighted by molar-refractivity contribution is 6.14. The van der Waals surface area contributed by atoms with Gasteiger partial charge < -0.3 is 174 Å². The molecular weight excluding hydrogens is 1980 g/mol. The molecular formula is C102H87N7O41. The monoisotopic (exact) mass is 2070 g/mol. The van der Waals surface area contributed by atoms with Crippen molar-refractivity contribution >= 4 is 117 Å². The third-order valence-corrected chi connectivity index (χ3v) is 20.0. The second kappa shape index (κ2) is 51.9. The molecule has 0 radical (unpaired) electrons. The van der Waals surface area contributed by atoms with E-state index in [1.54, 1.807) is 0 Å². The molecule has 0 saturated heterocycles. The number of carboxylic acids is 7. The van der Waals surface area contributed by atoms with Crippen molar-refractivity contribution in [1.29, 1.82) is 0 Å². The lowest BCUT2D eigenvalue weighted by Gasteiger charge is -2.15. The highest BCUT2D eigenvalue weighted by atomic mass is 16.5. The number of methoxy groups -OCH3 is 4. The summed E-state index contributed by atoms with van der Waals surface area (Å²) in [6.07, 6.45) is 1.63. The molecule has 150 heavy (non-hydrogen) atoms. The van der Waals surface area contributed by atoms with E-state index in [1.165, 1.54) is 217 Å². The summed E-state index contributed by atoms with van der Waals surface area (Å²) < 4.78 is 19.6. The number of carbonyl (C=O) groups is 14. The average molecular weight is 2070 g/mol. The summed E-state index contributed by atoms with van der Waals surface area (Å²) >= 11 is 0. The van der Waals surface area contributed by atoms with E-state index in [0.29, 0.717) is 0 Å². The number of aromatic hydroxyl groups is 15. The van der Waals surface area contributed by atoms with E-state index >= 15 is 0 Å². The third kappa shape index (κ3) is 31.7. The maximum Gasteiger partial charge on any atom is 0.337 e. The van der Waals surface area contributed by atoms with E-state index in [2.05, 4.69) is 37.2 Å². The van der Waals surface area contributed by atoms with Crippen molar-refractivity contribution in [3.05, 3.63) is 338 Å². The van der Waals surface area contributed by atoms with Gasteiger partial charge in [0.05, 0.1) is 119 Å². The Morgan fingerprint density at radius 2 is 0.467 bits per heavy atom. The Morgan fingerprint density at radius 1 is 0.200 bits per heavy atom. The van der Waals surface area contributed by atoms with Crippen LogP contribution in [0.2, 0.25) is 0 Å². The largest absolute Gasteiger partial charge is 0.512 e. The number of aromatic carboxylic acids is 6. The molecule has 0 unspecified atom stereocenters. The molecule has 0 aliphatic heterocycles. The van der Waals surface area contributed by atoms with Crippen LogP contribution < -0.4 is 56.2 Å². The first kappa shape index (κ1) is 113. The number of carbonyl (C=O) groups excluding carboxylic acids is 7. The van der Waals surface area contributed by atoms with E-state index in [-0.39, 0.29) is 234 Å². The van der Waals surface area contributed by atoms with Gasteiger partial charge in [0, 0.05) is 64.1 Å². The standard InChI is InChI=1S/4C15H13NO6.2C14H11NO6.C14H13NO5/c1-22-13-5-2-8(6-12(13)18)14(19)16-11-4-3-9(17)7-10(11)15(20)21;1-22-13-6-8(2-5-12(13)18)14(19)16-11-4-3-9(17)7-10(11)15(20)21;1-22-13-5-2-8(6-12(13)18)14(19)16-11-7-9(17)3-4-10(11)15(20)21;1-22-13-6-8(2-5-12(13)18)14(19)16-11-7-9(17)3-4-10(11)15(20)21;16-8-2-3-9(14(20)21)10(6-8)15-13(19)7-1-4-11(17)12(18)5-7;16-7-2-4-11(10(5-7)14(20)21)15-13(19)9-3-1-8(17)6-12(9)18;16-9-3-1-8(2-4-9)13(18)15-12-7-10(17)5-6-11(12)14(19)20/h4*2-7,17-18H,1H3,(H,16,19)(H,20,21);2*1-6,16-18H,(H,15,19)(H,20,21);1-4,7,16-17H,5-6H2,(H,15,18)(H,19,20). The molecule has 1 aliphatic rings. The molecule has 14 rings (SSSR count). The minimum atomic E-state index is -1.32. The SMILES string of the molecule is COc1cc(C(=O)Nc2cc(O)ccc2C(=O)O)ccc1O.COc1cc(C(=O)Nc2ccc(O)cc2C(=O)O)ccc1O.COc1ccc(C(=O)Nc2cc(O)ccc2C(=O)O)cc1O.COc1ccc(C(=O)Nc2ccc(O)cc2C(=O)O)cc1O.O=C(Nc1cc(O)ccc1C(=O)O)c1ccc(O)c(O)c1.O=C(Nc1ccc(O)cc1C(=O)O)c1ccc(O)cc1O.O=C(O)C1=C(NC(=O)c2ccc(O)cc2)C=C(O)CC1. The quantitative estimate of drug-likeness (QED) is 0.0187. The second-order valence-electron chi connectivity index (χ2n) is 30.2. The van der Waals surface area contributed by atoms with Gasteiger partial charge in [0.2, 0.25) is 0 Å². The van der Waals surface area contributed by atoms with Crippen molar-refractivity contribution in [3.8, 4) is 109 Å². The molecule has 0 spiro atoms. The number of anilines is 6. The number of aliphatic hydroxyl groups excluding tert-OH is 1. The van der Waals surface area contributed by atoms with Gasteiger partial charge in [-0.25, -0.2) is 33.6 Å². The molecule has 13 aromatic rings. The Labute approximate surface area is 842 Å². The van der Waals surface area contributed by atoms with Crippen LogP contribution in [0.3, 0.4) is 0 Å². The molecule has 30 N–H and O–H groups in total. The summed E-state index contributed by atoms with van der Waals surface area (Å²) in [6, 6.07) is 49.5. The lowest BCUT2D eigenvalue weighted by molar-refractivity contribution is -0.133. The molecule has 48 nitrogen and oxygen atoms in total. The summed E-state index contributed by atoms with van der Waals surface area (Å²) in [7, 11) is 5.44. The number of amides is 7. The van der Waals surface area contributed by atoms with Crippen LogP contribution in [-0.4, -0.2) is 229 Å². The van der Waals surface area contributed by atoms with Crippen LogP contribution in [0.1, 0.15) is 147 Å². The third-order valence-electron chi connectivity index (χ3n) is 20.0. The fourth-order valence-corrected chi connectivity index (χ4v) is 12.6. The number of carboxylic acid groups (broad SMARTS) is 7. The fourth-order valence-electron chi connectivity index (χ4n) is 12.6. The van der Waals surface area contributed by atoms with Crippen molar-refractivity contribution in [1.82, 2.24) is 5.32 Å². The van der Waals surface area contributed by atoms with E-state index in [0.717, 1.165) is 60.7 Å². The number of ether oxygens (including phenoxy) is 4. The predicted octanol–water partition coefficient (Wildman–Crippen LogP) is 13.4. The number of aliphatic hydroxyl groups is 1. The molecule has 13 aromatic carbocycles. The molecule has 48 heteroatoms. The number of phenols is 15. The van der Waals surface area contributed by atoms with Gasteiger partial charge in [0.25, 0.3) is 41.4 Å². The highest BCUT2D eigenvalue weighted by Gasteiger charge is 2.26. The van der Waals surface area contributed by atoms with Crippen molar-refractivity contribution in [2.24, 2.45) is 0 Å².